The first-order valence-electron chi connectivity index (χ1n) is 7.75. The maximum absolute atomic E-state index is 11.8. The van der Waals surface area contributed by atoms with Crippen LogP contribution in [0.4, 0.5) is 5.69 Å². The molecule has 6 nitrogen and oxygen atoms in total. The van der Waals surface area contributed by atoms with Crippen molar-refractivity contribution in [2.24, 2.45) is 5.73 Å². The van der Waals surface area contributed by atoms with Gasteiger partial charge in [0.1, 0.15) is 5.25 Å². The van der Waals surface area contributed by atoms with Crippen LogP contribution in [0.5, 0.6) is 0 Å². The molecule has 0 aromatic heterocycles. The third-order valence-corrected chi connectivity index (χ3v) is 5.28. The first kappa shape index (κ1) is 20.7. The molecule has 1 amide bonds. The molecule has 1 aliphatic rings. The third-order valence-electron chi connectivity index (χ3n) is 4.17. The number of primary amides is 1. The first-order chi connectivity index (χ1) is 11.9. The number of rotatable bonds is 5. The van der Waals surface area contributed by atoms with Gasteiger partial charge >= 0.3 is 29.6 Å². The quantitative estimate of drug-likeness (QED) is 0.514. The van der Waals surface area contributed by atoms with Crippen LogP contribution in [0.25, 0.3) is 0 Å². The molecule has 0 aliphatic carbocycles. The van der Waals surface area contributed by atoms with E-state index in [2.05, 4.69) is 0 Å². The molecule has 2 aromatic rings. The zero-order chi connectivity index (χ0) is 18.0. The Bertz CT molecular complexity index is 929. The molecule has 1 heterocycles. The number of carbonyl (C=O) groups is 1. The van der Waals surface area contributed by atoms with Crippen LogP contribution in [-0.2, 0) is 21.3 Å². The molecule has 3 rings (SSSR count). The van der Waals surface area contributed by atoms with Crippen molar-refractivity contribution in [1.82, 2.24) is 0 Å². The van der Waals surface area contributed by atoms with Gasteiger partial charge in [-0.3, -0.25) is 9.35 Å². The summed E-state index contributed by atoms with van der Waals surface area (Å²) >= 11 is 0. The topological polar surface area (TPSA) is 101 Å². The van der Waals surface area contributed by atoms with Gasteiger partial charge in [-0.2, -0.15) is 8.42 Å². The molecule has 130 valence electrons. The number of carbonyl (C=O) groups excluding carboxylic acids is 1. The Morgan fingerprint density at radius 1 is 1.08 bits per heavy atom. The van der Waals surface area contributed by atoms with E-state index in [0.717, 1.165) is 5.56 Å². The molecule has 0 fully saturated rings. The van der Waals surface area contributed by atoms with E-state index in [1.54, 1.807) is 29.2 Å². The Kier molecular flexibility index (Phi) is 6.65. The molecular formula is C18H18N2NaO4S+. The summed E-state index contributed by atoms with van der Waals surface area (Å²) in [4.78, 5) is 13.6. The predicted octanol–water partition coefficient (Wildman–Crippen LogP) is -0.949. The minimum atomic E-state index is -4.52. The Hall–Kier alpha value is -1.64. The summed E-state index contributed by atoms with van der Waals surface area (Å²) < 4.78 is 33.3. The van der Waals surface area contributed by atoms with Gasteiger partial charge in [-0.05, 0) is 18.1 Å². The van der Waals surface area contributed by atoms with Crippen molar-refractivity contribution in [3.05, 3.63) is 77.5 Å². The Morgan fingerprint density at radius 2 is 1.69 bits per heavy atom. The number of nitrogens with two attached hydrogens (primary N) is 1. The number of para-hydroxylation sites is 1. The molecule has 1 unspecified atom stereocenters. The maximum atomic E-state index is 11.8. The van der Waals surface area contributed by atoms with Gasteiger partial charge in [0.25, 0.3) is 10.1 Å². The SMILES string of the molecule is NC(=O)C1=CN(CCc2ccccc2)c2ccccc2C1S(=O)(=O)O.[Na+]. The summed E-state index contributed by atoms with van der Waals surface area (Å²) in [5.74, 6) is -0.873. The van der Waals surface area contributed by atoms with Crippen LogP contribution in [0.3, 0.4) is 0 Å². The van der Waals surface area contributed by atoms with Crippen LogP contribution in [-0.4, -0.2) is 25.4 Å². The number of hydrogen-bond acceptors (Lipinski definition) is 4. The van der Waals surface area contributed by atoms with Gasteiger partial charge in [-0.25, -0.2) is 0 Å². The number of anilines is 1. The fourth-order valence-corrected chi connectivity index (χ4v) is 4.05. The van der Waals surface area contributed by atoms with Gasteiger partial charge in [-0.1, -0.05) is 48.5 Å². The Labute approximate surface area is 174 Å². The van der Waals surface area contributed by atoms with Crippen molar-refractivity contribution >= 4 is 21.7 Å². The fourth-order valence-electron chi connectivity index (χ4n) is 3.04. The van der Waals surface area contributed by atoms with E-state index in [0.29, 0.717) is 24.2 Å². The van der Waals surface area contributed by atoms with Crippen molar-refractivity contribution in [3.63, 3.8) is 0 Å². The van der Waals surface area contributed by atoms with Gasteiger partial charge in [0.2, 0.25) is 5.91 Å². The van der Waals surface area contributed by atoms with Gasteiger partial charge in [0, 0.05) is 24.0 Å². The smallest absolute Gasteiger partial charge is 0.366 e. The number of nitrogens with zero attached hydrogens (tertiary/aromatic N) is 1. The van der Waals surface area contributed by atoms with Crippen molar-refractivity contribution in [3.8, 4) is 0 Å². The summed E-state index contributed by atoms with van der Waals surface area (Å²) in [6, 6.07) is 16.6. The minimum absolute atomic E-state index is 0. The van der Waals surface area contributed by atoms with E-state index in [9.17, 15) is 17.8 Å². The number of amides is 1. The Balaban J connectivity index is 0.00000243. The van der Waals surface area contributed by atoms with Gasteiger partial charge in [0.05, 0.1) is 5.57 Å². The normalized spacial score (nSPS) is 16.3. The van der Waals surface area contributed by atoms with Crippen LogP contribution in [0.2, 0.25) is 0 Å². The molecule has 26 heavy (non-hydrogen) atoms. The maximum Gasteiger partial charge on any atom is 1.00 e. The largest absolute Gasteiger partial charge is 1.00 e. The molecule has 8 heteroatoms. The summed E-state index contributed by atoms with van der Waals surface area (Å²) in [5, 5.41) is -1.46. The fraction of sp³-hybridized carbons (Fsp3) is 0.167. The molecule has 3 N–H and O–H groups in total. The third kappa shape index (κ3) is 4.36. The molecular weight excluding hydrogens is 363 g/mol. The van der Waals surface area contributed by atoms with Gasteiger partial charge in [0.15, 0.2) is 0 Å². The summed E-state index contributed by atoms with van der Waals surface area (Å²) in [6.07, 6.45) is 2.13. The monoisotopic (exact) mass is 381 g/mol. The zero-order valence-electron chi connectivity index (χ0n) is 14.4. The average Bonchev–Trinajstić information content (AvgIpc) is 2.58. The molecule has 0 saturated carbocycles. The second-order valence-corrected chi connectivity index (χ2v) is 7.33. The van der Waals surface area contributed by atoms with Gasteiger partial charge in [-0.15, -0.1) is 0 Å². The zero-order valence-corrected chi connectivity index (χ0v) is 17.2. The van der Waals surface area contributed by atoms with Crippen LogP contribution in [0, 0.1) is 0 Å². The van der Waals surface area contributed by atoms with Crippen LogP contribution in [0.15, 0.2) is 66.4 Å². The molecule has 0 radical (unpaired) electrons. The van der Waals surface area contributed by atoms with E-state index >= 15 is 0 Å². The van der Waals surface area contributed by atoms with Crippen molar-refractivity contribution in [1.29, 1.82) is 0 Å². The standard InChI is InChI=1S/C18H18N2O4S.Na/c19-18(21)15-12-20(11-10-13-6-2-1-3-7-13)16-9-5-4-8-14(16)17(15)25(22,23)24;/h1-9,12,17H,10-11H2,(H2,19,21)(H,22,23,24);/q;+1. The van der Waals surface area contributed by atoms with E-state index in [4.69, 9.17) is 5.73 Å². The average molecular weight is 381 g/mol. The second kappa shape index (κ2) is 8.37. The molecule has 0 spiro atoms. The van der Waals surface area contributed by atoms with Crippen LogP contribution in [0.1, 0.15) is 16.4 Å². The summed E-state index contributed by atoms with van der Waals surface area (Å²) in [5.41, 5.74) is 7.32. The first-order valence-corrected chi connectivity index (χ1v) is 9.25. The second-order valence-electron chi connectivity index (χ2n) is 5.83. The van der Waals surface area contributed by atoms with Crippen molar-refractivity contribution < 1.29 is 47.3 Å². The minimum Gasteiger partial charge on any atom is -0.366 e. The van der Waals surface area contributed by atoms with Crippen molar-refractivity contribution in [2.75, 3.05) is 11.4 Å². The van der Waals surface area contributed by atoms with Crippen LogP contribution < -0.4 is 40.2 Å². The number of fused-ring (bicyclic) bond motifs is 1. The molecule has 2 aromatic carbocycles. The van der Waals surface area contributed by atoms with Gasteiger partial charge < -0.3 is 10.6 Å². The van der Waals surface area contributed by atoms with E-state index in [-0.39, 0.29) is 35.1 Å². The van der Waals surface area contributed by atoms with Crippen LogP contribution >= 0.6 is 0 Å². The number of hydrogen-bond donors (Lipinski definition) is 2. The van der Waals surface area contributed by atoms with E-state index in [1.165, 1.54) is 6.20 Å². The Morgan fingerprint density at radius 3 is 2.31 bits per heavy atom. The van der Waals surface area contributed by atoms with E-state index < -0.39 is 21.3 Å². The van der Waals surface area contributed by atoms with Crippen molar-refractivity contribution in [2.45, 2.75) is 11.7 Å². The number of benzene rings is 2. The molecule has 0 saturated heterocycles. The summed E-state index contributed by atoms with van der Waals surface area (Å²) in [6.45, 7) is 0.538. The van der Waals surface area contributed by atoms with E-state index in [1.807, 2.05) is 30.3 Å². The molecule has 1 atom stereocenters. The molecule has 0 bridgehead atoms. The summed E-state index contributed by atoms with van der Waals surface area (Å²) in [7, 11) is -4.52. The molecule has 1 aliphatic heterocycles. The predicted molar refractivity (Wildman–Crippen MR) is 95.5 cm³/mol.